The maximum atomic E-state index is 10.1. The Bertz CT molecular complexity index is 1240. The first-order chi connectivity index (χ1) is 17.3. The second-order valence-corrected chi connectivity index (χ2v) is 9.09. The van der Waals surface area contributed by atoms with Gasteiger partial charge in [0.25, 0.3) is 5.89 Å². The van der Waals surface area contributed by atoms with E-state index in [1.54, 1.807) is 18.2 Å². The molecule has 3 aromatic rings. The number of benzene rings is 2. The molecule has 36 heavy (non-hydrogen) atoms. The molecule has 10 heteroatoms. The van der Waals surface area contributed by atoms with Crippen molar-refractivity contribution in [3.05, 3.63) is 53.1 Å². The molecule has 4 rings (SSSR count). The minimum absolute atomic E-state index is 0.0522. The highest BCUT2D eigenvalue weighted by Crippen LogP contribution is 2.37. The van der Waals surface area contributed by atoms with Gasteiger partial charge in [-0.3, -0.25) is 0 Å². The number of fused-ring (bicyclic) bond motifs is 1. The van der Waals surface area contributed by atoms with E-state index in [0.717, 1.165) is 29.5 Å². The average Bonchev–Trinajstić information content (AvgIpc) is 3.54. The summed E-state index contributed by atoms with van der Waals surface area (Å²) in [7, 11) is 0. The SMILES string of the molecule is CC(C)Oc1ccc(-c2nc(-c3cccc4c3CCC4NCC(O)C(O)C(O)CO)no2)cc1C#N. The highest BCUT2D eigenvalue weighted by atomic mass is 16.5. The van der Waals surface area contributed by atoms with E-state index in [4.69, 9.17) is 14.4 Å². The molecule has 0 saturated heterocycles. The molecule has 0 bridgehead atoms. The zero-order chi connectivity index (χ0) is 25.8. The molecule has 1 aromatic heterocycles. The Morgan fingerprint density at radius 1 is 1.19 bits per heavy atom. The number of aliphatic hydroxyl groups excluding tert-OH is 4. The number of hydrogen-bond donors (Lipinski definition) is 5. The normalized spacial score (nSPS) is 17.4. The van der Waals surface area contributed by atoms with Gasteiger partial charge in [0.1, 0.15) is 24.0 Å². The van der Waals surface area contributed by atoms with Gasteiger partial charge in [-0.15, -0.1) is 0 Å². The van der Waals surface area contributed by atoms with E-state index >= 15 is 0 Å². The third kappa shape index (κ3) is 5.41. The van der Waals surface area contributed by atoms with Crippen molar-refractivity contribution in [2.24, 2.45) is 0 Å². The topological polar surface area (TPSA) is 165 Å². The summed E-state index contributed by atoms with van der Waals surface area (Å²) in [6, 6.07) is 13.1. The lowest BCUT2D eigenvalue weighted by Crippen LogP contribution is -2.45. The van der Waals surface area contributed by atoms with Crippen LogP contribution in [0.2, 0.25) is 0 Å². The Kier molecular flexibility index (Phi) is 7.98. The fourth-order valence-electron chi connectivity index (χ4n) is 4.38. The first-order valence-electron chi connectivity index (χ1n) is 11.9. The number of ether oxygens (including phenoxy) is 1. The Hall–Kier alpha value is -3.33. The Balaban J connectivity index is 1.52. The Morgan fingerprint density at radius 3 is 2.72 bits per heavy atom. The molecule has 0 amide bonds. The zero-order valence-corrected chi connectivity index (χ0v) is 20.1. The molecule has 2 aromatic carbocycles. The number of aromatic nitrogens is 2. The first kappa shape index (κ1) is 25.8. The van der Waals surface area contributed by atoms with Crippen molar-refractivity contribution in [2.45, 2.75) is 57.1 Å². The fraction of sp³-hybridized carbons (Fsp3) is 0.423. The molecule has 4 unspecified atom stereocenters. The smallest absolute Gasteiger partial charge is 0.258 e. The molecule has 190 valence electrons. The highest BCUT2D eigenvalue weighted by molar-refractivity contribution is 5.67. The van der Waals surface area contributed by atoms with Crippen molar-refractivity contribution in [3.63, 3.8) is 0 Å². The molecule has 0 aliphatic heterocycles. The number of nitrogens with zero attached hydrogens (tertiary/aromatic N) is 3. The number of aliphatic hydroxyl groups is 4. The summed E-state index contributed by atoms with van der Waals surface area (Å²) in [6.45, 7) is 3.21. The third-order valence-corrected chi connectivity index (χ3v) is 6.20. The van der Waals surface area contributed by atoms with Gasteiger partial charge in [-0.1, -0.05) is 23.4 Å². The van der Waals surface area contributed by atoms with Gasteiger partial charge in [0.15, 0.2) is 0 Å². The van der Waals surface area contributed by atoms with Crippen LogP contribution in [0.3, 0.4) is 0 Å². The van der Waals surface area contributed by atoms with Crippen LogP contribution in [0.4, 0.5) is 0 Å². The predicted octanol–water partition coefficient (Wildman–Crippen LogP) is 1.71. The summed E-state index contributed by atoms with van der Waals surface area (Å²) in [5.74, 6) is 1.23. The third-order valence-electron chi connectivity index (χ3n) is 6.20. The second-order valence-electron chi connectivity index (χ2n) is 9.09. The van der Waals surface area contributed by atoms with Crippen molar-refractivity contribution >= 4 is 0 Å². The number of rotatable bonds is 10. The standard InChI is InChI=1S/C26H30N4O6/c1-14(2)35-23-9-6-15(10-16(23)11-27)26-29-25(30-36-26)19-5-3-4-18-17(19)7-8-20(18)28-12-21(32)24(34)22(33)13-31/h3-6,9-10,14,20-22,24,28,31-34H,7-8,12-13H2,1-2H3. The average molecular weight is 495 g/mol. The molecule has 10 nitrogen and oxygen atoms in total. The van der Waals surface area contributed by atoms with Gasteiger partial charge in [-0.2, -0.15) is 10.2 Å². The lowest BCUT2D eigenvalue weighted by Gasteiger charge is -2.23. The Labute approximate surface area is 208 Å². The number of nitrogens with one attached hydrogen (secondary N) is 1. The van der Waals surface area contributed by atoms with Gasteiger partial charge < -0.3 is 35.0 Å². The predicted molar refractivity (Wildman–Crippen MR) is 130 cm³/mol. The monoisotopic (exact) mass is 494 g/mol. The van der Waals surface area contributed by atoms with Crippen LogP contribution in [0.5, 0.6) is 5.75 Å². The molecular formula is C26H30N4O6. The van der Waals surface area contributed by atoms with Crippen LogP contribution in [0.1, 0.15) is 43.0 Å². The van der Waals surface area contributed by atoms with Crippen molar-refractivity contribution in [3.8, 4) is 34.7 Å². The minimum Gasteiger partial charge on any atom is -0.490 e. The summed E-state index contributed by atoms with van der Waals surface area (Å²) in [4.78, 5) is 4.57. The van der Waals surface area contributed by atoms with Crippen molar-refractivity contribution in [2.75, 3.05) is 13.2 Å². The van der Waals surface area contributed by atoms with E-state index in [9.17, 15) is 20.6 Å². The molecule has 0 fully saturated rings. The van der Waals surface area contributed by atoms with Gasteiger partial charge in [0.2, 0.25) is 5.82 Å². The van der Waals surface area contributed by atoms with Crippen LogP contribution in [-0.2, 0) is 6.42 Å². The maximum Gasteiger partial charge on any atom is 0.258 e. The van der Waals surface area contributed by atoms with Crippen molar-refractivity contribution < 1.29 is 29.7 Å². The zero-order valence-electron chi connectivity index (χ0n) is 20.1. The lowest BCUT2D eigenvalue weighted by molar-refractivity contribution is -0.0755. The van der Waals surface area contributed by atoms with Crippen molar-refractivity contribution in [1.29, 1.82) is 5.26 Å². The molecule has 0 spiro atoms. The summed E-state index contributed by atoms with van der Waals surface area (Å²) in [5, 5.41) is 55.4. The molecule has 4 atom stereocenters. The summed E-state index contributed by atoms with van der Waals surface area (Å²) >= 11 is 0. The second kappa shape index (κ2) is 11.2. The van der Waals surface area contributed by atoms with Crippen LogP contribution in [0.15, 0.2) is 40.9 Å². The van der Waals surface area contributed by atoms with E-state index < -0.39 is 24.9 Å². The molecule has 0 saturated carbocycles. The largest absolute Gasteiger partial charge is 0.490 e. The van der Waals surface area contributed by atoms with E-state index in [1.165, 1.54) is 0 Å². The molecular weight excluding hydrogens is 464 g/mol. The number of hydrogen-bond acceptors (Lipinski definition) is 10. The summed E-state index contributed by atoms with van der Waals surface area (Å²) in [6.07, 6.45) is -2.61. The van der Waals surface area contributed by atoms with Gasteiger partial charge in [0, 0.05) is 23.7 Å². The van der Waals surface area contributed by atoms with E-state index in [1.807, 2.05) is 32.0 Å². The van der Waals surface area contributed by atoms with Crippen LogP contribution < -0.4 is 10.1 Å². The van der Waals surface area contributed by atoms with Gasteiger partial charge in [-0.05, 0) is 56.0 Å². The van der Waals surface area contributed by atoms with Crippen LogP contribution in [-0.4, -0.2) is 68.1 Å². The lowest BCUT2D eigenvalue weighted by atomic mass is 10.0. The Morgan fingerprint density at radius 2 is 2.00 bits per heavy atom. The molecule has 1 aliphatic carbocycles. The number of nitriles is 1. The first-order valence-corrected chi connectivity index (χ1v) is 11.9. The van der Waals surface area contributed by atoms with Crippen molar-refractivity contribution in [1.82, 2.24) is 15.5 Å². The van der Waals surface area contributed by atoms with E-state index in [-0.39, 0.29) is 18.7 Å². The molecule has 0 radical (unpaired) electrons. The summed E-state index contributed by atoms with van der Waals surface area (Å²) < 4.78 is 11.2. The van der Waals surface area contributed by atoms with Gasteiger partial charge >= 0.3 is 0 Å². The van der Waals surface area contributed by atoms with Crippen LogP contribution >= 0.6 is 0 Å². The van der Waals surface area contributed by atoms with E-state index in [0.29, 0.717) is 28.6 Å². The van der Waals surface area contributed by atoms with E-state index in [2.05, 4.69) is 21.5 Å². The van der Waals surface area contributed by atoms with Gasteiger partial charge in [-0.25, -0.2) is 0 Å². The molecule has 1 aliphatic rings. The van der Waals surface area contributed by atoms with Crippen LogP contribution in [0, 0.1) is 11.3 Å². The van der Waals surface area contributed by atoms with Gasteiger partial charge in [0.05, 0.1) is 24.4 Å². The molecule has 5 N–H and O–H groups in total. The highest BCUT2D eigenvalue weighted by Gasteiger charge is 2.29. The van der Waals surface area contributed by atoms with Crippen LogP contribution in [0.25, 0.3) is 22.8 Å². The molecule has 1 heterocycles. The maximum absolute atomic E-state index is 10.1. The summed E-state index contributed by atoms with van der Waals surface area (Å²) in [5.41, 5.74) is 3.93. The minimum atomic E-state index is -1.44. The fourth-order valence-corrected chi connectivity index (χ4v) is 4.38. The quantitative estimate of drug-likeness (QED) is 0.280.